The van der Waals surface area contributed by atoms with Crippen molar-refractivity contribution < 1.29 is 14.3 Å². The molecule has 0 aromatic carbocycles. The van der Waals surface area contributed by atoms with E-state index in [4.69, 9.17) is 4.74 Å². The molecule has 31 heavy (non-hydrogen) atoms. The molecule has 0 N–H and O–H groups in total. The molecule has 1 saturated heterocycles. The second-order valence-corrected chi connectivity index (χ2v) is 9.70. The molecule has 7 nitrogen and oxygen atoms in total. The molecule has 0 aliphatic carbocycles. The zero-order valence-corrected chi connectivity index (χ0v) is 21.4. The number of carbonyl (C=O) groups excluding carboxylic acids is 2. The molecule has 0 spiro atoms. The Morgan fingerprint density at radius 2 is 1.55 bits per heavy atom. The quantitative estimate of drug-likeness (QED) is 0.440. The Morgan fingerprint density at radius 1 is 0.935 bits per heavy atom. The van der Waals surface area contributed by atoms with Gasteiger partial charge in [0.2, 0.25) is 11.8 Å². The summed E-state index contributed by atoms with van der Waals surface area (Å²) in [6.45, 7) is 12.5. The lowest BCUT2D eigenvalue weighted by atomic mass is 9.95. The number of morpholine rings is 1. The molecule has 1 aliphatic heterocycles. The van der Waals surface area contributed by atoms with E-state index in [1.165, 1.54) is 0 Å². The van der Waals surface area contributed by atoms with Gasteiger partial charge in [-0.05, 0) is 67.7 Å². The largest absolute Gasteiger partial charge is 0.378 e. The van der Waals surface area contributed by atoms with Crippen molar-refractivity contribution in [1.82, 2.24) is 19.6 Å². The van der Waals surface area contributed by atoms with Crippen LogP contribution in [-0.2, 0) is 14.3 Å². The number of carbonyl (C=O) groups is 2. The number of hydrogen-bond donors (Lipinski definition) is 0. The van der Waals surface area contributed by atoms with E-state index in [0.717, 1.165) is 38.8 Å². The molecule has 0 radical (unpaired) electrons. The van der Waals surface area contributed by atoms with Gasteiger partial charge in [0, 0.05) is 50.1 Å². The van der Waals surface area contributed by atoms with Gasteiger partial charge in [0.1, 0.15) is 0 Å². The predicted molar refractivity (Wildman–Crippen MR) is 127 cm³/mol. The Bertz CT molecular complexity index is 535. The number of nitrogens with zero attached hydrogens (tertiary/aromatic N) is 4. The Kier molecular flexibility index (Phi) is 12.6. The summed E-state index contributed by atoms with van der Waals surface area (Å²) >= 11 is 0. The molecule has 4 atom stereocenters. The van der Waals surface area contributed by atoms with Gasteiger partial charge < -0.3 is 24.3 Å². The van der Waals surface area contributed by atoms with E-state index >= 15 is 0 Å². The zero-order chi connectivity index (χ0) is 23.6. The average molecular weight is 441 g/mol. The van der Waals surface area contributed by atoms with Crippen LogP contribution in [0.3, 0.4) is 0 Å². The first-order valence-electron chi connectivity index (χ1n) is 12.1. The Morgan fingerprint density at radius 3 is 2.06 bits per heavy atom. The molecule has 182 valence electrons. The van der Waals surface area contributed by atoms with Crippen molar-refractivity contribution in [3.8, 4) is 0 Å². The Hall–Kier alpha value is -1.18. The summed E-state index contributed by atoms with van der Waals surface area (Å²) in [7, 11) is 8.30. The van der Waals surface area contributed by atoms with Crippen molar-refractivity contribution in [3.63, 3.8) is 0 Å². The summed E-state index contributed by atoms with van der Waals surface area (Å²) in [4.78, 5) is 34.0. The van der Waals surface area contributed by atoms with Crippen LogP contribution in [0, 0.1) is 11.8 Å². The van der Waals surface area contributed by atoms with E-state index in [0.29, 0.717) is 38.4 Å². The summed E-state index contributed by atoms with van der Waals surface area (Å²) < 4.78 is 5.37. The van der Waals surface area contributed by atoms with Gasteiger partial charge in [-0.3, -0.25) is 9.59 Å². The van der Waals surface area contributed by atoms with Gasteiger partial charge in [-0.2, -0.15) is 0 Å². The lowest BCUT2D eigenvalue weighted by molar-refractivity contribution is -0.139. The van der Waals surface area contributed by atoms with Crippen molar-refractivity contribution in [1.29, 1.82) is 0 Å². The third-order valence-corrected chi connectivity index (χ3v) is 6.76. The minimum absolute atomic E-state index is 0.00181. The Labute approximate surface area is 191 Å². The number of amides is 2. The second-order valence-electron chi connectivity index (χ2n) is 9.70. The highest BCUT2D eigenvalue weighted by Crippen LogP contribution is 2.19. The van der Waals surface area contributed by atoms with Crippen LogP contribution in [0.2, 0.25) is 0 Å². The van der Waals surface area contributed by atoms with E-state index in [1.54, 1.807) is 0 Å². The molecule has 2 amide bonds. The summed E-state index contributed by atoms with van der Waals surface area (Å²) in [5.41, 5.74) is 0. The van der Waals surface area contributed by atoms with Gasteiger partial charge in [-0.1, -0.05) is 13.8 Å². The summed E-state index contributed by atoms with van der Waals surface area (Å²) in [6, 6.07) is 0.723. The van der Waals surface area contributed by atoms with E-state index < -0.39 is 0 Å². The smallest absolute Gasteiger partial charge is 0.225 e. The first-order valence-corrected chi connectivity index (χ1v) is 12.1. The highest BCUT2D eigenvalue weighted by molar-refractivity contribution is 5.79. The molecule has 7 heteroatoms. The molecule has 0 aromatic heterocycles. The maximum Gasteiger partial charge on any atom is 0.225 e. The maximum atomic E-state index is 12.9. The molecular formula is C24H48N4O3. The summed E-state index contributed by atoms with van der Waals surface area (Å²) in [5, 5.41) is 0. The van der Waals surface area contributed by atoms with Crippen LogP contribution < -0.4 is 0 Å². The van der Waals surface area contributed by atoms with Gasteiger partial charge in [-0.25, -0.2) is 0 Å². The fraction of sp³-hybridized carbons (Fsp3) is 0.917. The van der Waals surface area contributed by atoms with Crippen LogP contribution in [0.25, 0.3) is 0 Å². The van der Waals surface area contributed by atoms with E-state index in [9.17, 15) is 9.59 Å². The number of ether oxygens (including phenoxy) is 1. The van der Waals surface area contributed by atoms with Crippen LogP contribution in [0.1, 0.15) is 53.4 Å². The van der Waals surface area contributed by atoms with Gasteiger partial charge >= 0.3 is 0 Å². The first kappa shape index (κ1) is 27.9. The van der Waals surface area contributed by atoms with Crippen molar-refractivity contribution in [2.45, 2.75) is 65.5 Å². The molecule has 1 rings (SSSR count). The number of rotatable bonds is 13. The van der Waals surface area contributed by atoms with Crippen molar-refractivity contribution in [3.05, 3.63) is 0 Å². The van der Waals surface area contributed by atoms with E-state index in [1.807, 2.05) is 23.6 Å². The predicted octanol–water partition coefficient (Wildman–Crippen LogP) is 2.41. The summed E-state index contributed by atoms with van der Waals surface area (Å²) in [6.07, 6.45) is 3.67. The van der Waals surface area contributed by atoms with Crippen LogP contribution >= 0.6 is 0 Å². The van der Waals surface area contributed by atoms with Crippen LogP contribution in [0.5, 0.6) is 0 Å². The van der Waals surface area contributed by atoms with Crippen molar-refractivity contribution >= 4 is 11.8 Å². The second kappa shape index (κ2) is 14.1. The third kappa shape index (κ3) is 9.46. The molecule has 0 bridgehead atoms. The molecule has 1 fully saturated rings. The lowest BCUT2D eigenvalue weighted by Gasteiger charge is -2.32. The maximum absolute atomic E-state index is 12.9. The van der Waals surface area contributed by atoms with Gasteiger partial charge in [0.25, 0.3) is 0 Å². The summed E-state index contributed by atoms with van der Waals surface area (Å²) in [5.74, 6) is 0.535. The molecule has 1 aliphatic rings. The topological polar surface area (TPSA) is 56.3 Å². The van der Waals surface area contributed by atoms with Gasteiger partial charge in [-0.15, -0.1) is 0 Å². The minimum atomic E-state index is 0.00181. The Balaban J connectivity index is 2.53. The lowest BCUT2D eigenvalue weighted by Crippen LogP contribution is -2.44. The average Bonchev–Trinajstić information content (AvgIpc) is 2.74. The van der Waals surface area contributed by atoms with Gasteiger partial charge in [0.15, 0.2) is 0 Å². The van der Waals surface area contributed by atoms with E-state index in [-0.39, 0.29) is 23.7 Å². The van der Waals surface area contributed by atoms with Crippen molar-refractivity contribution in [2.75, 3.05) is 67.6 Å². The van der Waals surface area contributed by atoms with Crippen molar-refractivity contribution in [2.24, 2.45) is 11.8 Å². The van der Waals surface area contributed by atoms with Gasteiger partial charge in [0.05, 0.1) is 13.2 Å². The minimum Gasteiger partial charge on any atom is -0.378 e. The third-order valence-electron chi connectivity index (χ3n) is 6.76. The highest BCUT2D eigenvalue weighted by Gasteiger charge is 2.26. The number of hydrogen-bond acceptors (Lipinski definition) is 5. The highest BCUT2D eigenvalue weighted by atomic mass is 16.5. The fourth-order valence-electron chi connectivity index (χ4n) is 4.27. The SMILES string of the molecule is CCN(CCCC(CC(C)C(=O)N1CCOCC1)N(C)C)C(=O)C(C)CC(C)N(C)C. The molecule has 1 heterocycles. The van der Waals surface area contributed by atoms with Crippen LogP contribution in [-0.4, -0.2) is 111 Å². The molecular weight excluding hydrogens is 392 g/mol. The first-order chi connectivity index (χ1) is 14.6. The molecule has 0 aromatic rings. The fourth-order valence-corrected chi connectivity index (χ4v) is 4.27. The normalized spacial score (nSPS) is 18.7. The zero-order valence-electron chi connectivity index (χ0n) is 21.4. The standard InChI is InChI=1S/C24H48N4O3/c1-9-27(23(29)19(2)17-21(4)25(5)6)12-10-11-22(26(7)8)18-20(3)24(30)28-13-15-31-16-14-28/h19-22H,9-18H2,1-8H3. The molecule has 4 unspecified atom stereocenters. The van der Waals surface area contributed by atoms with Crippen LogP contribution in [0.4, 0.5) is 0 Å². The monoisotopic (exact) mass is 440 g/mol. The van der Waals surface area contributed by atoms with E-state index in [2.05, 4.69) is 51.8 Å². The van der Waals surface area contributed by atoms with Crippen LogP contribution in [0.15, 0.2) is 0 Å². The molecule has 0 saturated carbocycles.